The zero-order valence-electron chi connectivity index (χ0n) is 12.7. The van der Waals surface area contributed by atoms with E-state index in [1.807, 2.05) is 12.1 Å². The third-order valence-corrected chi connectivity index (χ3v) is 4.44. The molecule has 116 valence electrons. The number of likely N-dealkylation sites (tertiary alicyclic amines) is 1. The van der Waals surface area contributed by atoms with Gasteiger partial charge in [-0.15, -0.1) is 0 Å². The summed E-state index contributed by atoms with van der Waals surface area (Å²) in [6, 6.07) is 8.36. The van der Waals surface area contributed by atoms with Crippen LogP contribution in [0.5, 0.6) is 5.75 Å². The number of nitrogens with two attached hydrogens (primary N) is 1. The summed E-state index contributed by atoms with van der Waals surface area (Å²) in [5.74, 6) is 0.226. The van der Waals surface area contributed by atoms with Crippen molar-refractivity contribution in [1.82, 2.24) is 4.90 Å². The van der Waals surface area contributed by atoms with Crippen molar-refractivity contribution >= 4 is 5.91 Å². The first-order chi connectivity index (χ1) is 10.0. The van der Waals surface area contributed by atoms with E-state index in [1.54, 1.807) is 7.11 Å². The van der Waals surface area contributed by atoms with Crippen molar-refractivity contribution in [2.75, 3.05) is 20.2 Å². The highest BCUT2D eigenvalue weighted by molar-refractivity contribution is 5.78. The number of aliphatic hydroxyl groups is 1. The molecule has 21 heavy (non-hydrogen) atoms. The molecule has 1 heterocycles. The molecule has 2 unspecified atom stereocenters. The summed E-state index contributed by atoms with van der Waals surface area (Å²) in [5, 5.41) is 9.75. The van der Waals surface area contributed by atoms with E-state index >= 15 is 0 Å². The lowest BCUT2D eigenvalue weighted by atomic mass is 9.89. The summed E-state index contributed by atoms with van der Waals surface area (Å²) in [7, 11) is 1.67. The van der Waals surface area contributed by atoms with E-state index in [1.165, 1.54) is 5.56 Å². The van der Waals surface area contributed by atoms with Crippen molar-refractivity contribution < 1.29 is 14.6 Å². The zero-order valence-corrected chi connectivity index (χ0v) is 12.7. The largest absolute Gasteiger partial charge is 0.497 e. The number of nitrogens with zero attached hydrogens (tertiary/aromatic N) is 1. The van der Waals surface area contributed by atoms with Gasteiger partial charge in [-0.2, -0.15) is 0 Å². The number of primary amides is 1. The molecule has 1 fully saturated rings. The van der Waals surface area contributed by atoms with Crippen molar-refractivity contribution in [3.8, 4) is 5.75 Å². The molecule has 1 aliphatic rings. The number of aliphatic hydroxyl groups excluding tert-OH is 1. The average Bonchev–Trinajstić information content (AvgIpc) is 2.53. The minimum Gasteiger partial charge on any atom is -0.497 e. The molecule has 1 saturated heterocycles. The van der Waals surface area contributed by atoms with Crippen LogP contribution < -0.4 is 10.5 Å². The molecule has 1 aromatic carbocycles. The van der Waals surface area contributed by atoms with Crippen LogP contribution >= 0.6 is 0 Å². The number of hydrogen-bond donors (Lipinski definition) is 2. The third kappa shape index (κ3) is 3.74. The molecule has 5 heteroatoms. The molecule has 5 nitrogen and oxygen atoms in total. The molecule has 0 bridgehead atoms. The predicted octanol–water partition coefficient (Wildman–Crippen LogP) is 1.31. The Morgan fingerprint density at radius 1 is 1.43 bits per heavy atom. The number of carbonyl (C=O) groups is 1. The maximum absolute atomic E-state index is 11.1. The maximum atomic E-state index is 11.1. The lowest BCUT2D eigenvalue weighted by Crippen LogP contribution is -2.43. The number of piperidine rings is 1. The summed E-state index contributed by atoms with van der Waals surface area (Å²) in [5.41, 5.74) is 6.38. The minimum atomic E-state index is -1.01. The van der Waals surface area contributed by atoms with Crippen molar-refractivity contribution in [2.24, 2.45) is 11.7 Å². The first kappa shape index (κ1) is 15.8. The van der Waals surface area contributed by atoms with Crippen LogP contribution in [0.2, 0.25) is 0 Å². The second-order valence-electron chi connectivity index (χ2n) is 5.67. The van der Waals surface area contributed by atoms with E-state index in [0.29, 0.717) is 0 Å². The predicted molar refractivity (Wildman–Crippen MR) is 80.9 cm³/mol. The van der Waals surface area contributed by atoms with Gasteiger partial charge in [-0.05, 0) is 56.5 Å². The van der Waals surface area contributed by atoms with E-state index in [4.69, 9.17) is 10.5 Å². The van der Waals surface area contributed by atoms with Gasteiger partial charge in [0, 0.05) is 6.04 Å². The van der Waals surface area contributed by atoms with E-state index in [-0.39, 0.29) is 12.0 Å². The van der Waals surface area contributed by atoms with Gasteiger partial charge in [0.25, 0.3) is 0 Å². The summed E-state index contributed by atoms with van der Waals surface area (Å²) in [4.78, 5) is 13.4. The SMILES string of the molecule is COc1cccc(C(C)N2CCC(C(O)C(N)=O)CC2)c1. The van der Waals surface area contributed by atoms with Crippen LogP contribution in [0.25, 0.3) is 0 Å². The second-order valence-corrected chi connectivity index (χ2v) is 5.67. The Morgan fingerprint density at radius 3 is 2.67 bits per heavy atom. The molecule has 1 amide bonds. The molecule has 0 aliphatic carbocycles. The average molecular weight is 292 g/mol. The highest BCUT2D eigenvalue weighted by atomic mass is 16.5. The lowest BCUT2D eigenvalue weighted by molar-refractivity contribution is -0.129. The fraction of sp³-hybridized carbons (Fsp3) is 0.562. The van der Waals surface area contributed by atoms with Crippen LogP contribution in [-0.4, -0.2) is 42.2 Å². The van der Waals surface area contributed by atoms with Gasteiger partial charge in [-0.25, -0.2) is 0 Å². The molecule has 3 N–H and O–H groups in total. The van der Waals surface area contributed by atoms with Crippen LogP contribution in [0.3, 0.4) is 0 Å². The fourth-order valence-corrected chi connectivity index (χ4v) is 2.97. The van der Waals surface area contributed by atoms with Crippen molar-refractivity contribution in [3.63, 3.8) is 0 Å². The van der Waals surface area contributed by atoms with Crippen molar-refractivity contribution in [3.05, 3.63) is 29.8 Å². The highest BCUT2D eigenvalue weighted by Gasteiger charge is 2.30. The molecule has 1 aliphatic heterocycles. The van der Waals surface area contributed by atoms with E-state index in [9.17, 15) is 9.90 Å². The van der Waals surface area contributed by atoms with E-state index in [2.05, 4.69) is 24.0 Å². The standard InChI is InChI=1S/C16H24N2O3/c1-11(13-4-3-5-14(10-13)21-2)18-8-6-12(7-9-18)15(19)16(17)20/h3-5,10-12,15,19H,6-9H2,1-2H3,(H2,17,20). The lowest BCUT2D eigenvalue weighted by Gasteiger charge is -2.37. The van der Waals surface area contributed by atoms with Gasteiger partial charge in [0.2, 0.25) is 5.91 Å². The van der Waals surface area contributed by atoms with Gasteiger partial charge in [-0.3, -0.25) is 9.69 Å². The number of methoxy groups -OCH3 is 1. The van der Waals surface area contributed by atoms with Gasteiger partial charge < -0.3 is 15.6 Å². The van der Waals surface area contributed by atoms with Crippen LogP contribution in [0.4, 0.5) is 0 Å². The van der Waals surface area contributed by atoms with Crippen LogP contribution in [0.15, 0.2) is 24.3 Å². The molecule has 1 aromatic rings. The highest BCUT2D eigenvalue weighted by Crippen LogP contribution is 2.29. The topological polar surface area (TPSA) is 75.8 Å². The van der Waals surface area contributed by atoms with Gasteiger partial charge in [0.1, 0.15) is 11.9 Å². The first-order valence-electron chi connectivity index (χ1n) is 7.38. The Labute approximate surface area is 125 Å². The maximum Gasteiger partial charge on any atom is 0.246 e. The summed E-state index contributed by atoms with van der Waals surface area (Å²) in [6.45, 7) is 3.88. The number of carbonyl (C=O) groups excluding carboxylic acids is 1. The first-order valence-corrected chi connectivity index (χ1v) is 7.38. The van der Waals surface area contributed by atoms with E-state index in [0.717, 1.165) is 31.7 Å². The summed E-state index contributed by atoms with van der Waals surface area (Å²) < 4.78 is 5.26. The van der Waals surface area contributed by atoms with E-state index < -0.39 is 12.0 Å². The van der Waals surface area contributed by atoms with Crippen LogP contribution in [-0.2, 0) is 4.79 Å². The summed E-state index contributed by atoms with van der Waals surface area (Å²) in [6.07, 6.45) is 0.566. The van der Waals surface area contributed by atoms with Crippen molar-refractivity contribution in [1.29, 1.82) is 0 Å². The smallest absolute Gasteiger partial charge is 0.246 e. The Hall–Kier alpha value is -1.59. The molecular weight excluding hydrogens is 268 g/mol. The Balaban J connectivity index is 1.96. The molecule has 0 aromatic heterocycles. The Bertz CT molecular complexity index is 484. The molecule has 0 radical (unpaired) electrons. The fourth-order valence-electron chi connectivity index (χ4n) is 2.97. The number of amides is 1. The van der Waals surface area contributed by atoms with Gasteiger partial charge in [0.15, 0.2) is 0 Å². The quantitative estimate of drug-likeness (QED) is 0.858. The molecule has 2 rings (SSSR count). The third-order valence-electron chi connectivity index (χ3n) is 4.44. The number of ether oxygens (including phenoxy) is 1. The van der Waals surface area contributed by atoms with Gasteiger partial charge in [0.05, 0.1) is 7.11 Å². The minimum absolute atomic E-state index is 0.0174. The van der Waals surface area contributed by atoms with Gasteiger partial charge >= 0.3 is 0 Å². The van der Waals surface area contributed by atoms with Crippen LogP contribution in [0.1, 0.15) is 31.4 Å². The number of benzene rings is 1. The summed E-state index contributed by atoms with van der Waals surface area (Å²) >= 11 is 0. The van der Waals surface area contributed by atoms with Gasteiger partial charge in [-0.1, -0.05) is 12.1 Å². The molecular formula is C16H24N2O3. The molecule has 0 spiro atoms. The second kappa shape index (κ2) is 6.91. The number of hydrogen-bond acceptors (Lipinski definition) is 4. The molecule has 2 atom stereocenters. The molecule has 0 saturated carbocycles. The zero-order chi connectivity index (χ0) is 15.4. The normalized spacial score (nSPS) is 20.0. The van der Waals surface area contributed by atoms with Crippen LogP contribution in [0, 0.1) is 5.92 Å². The Morgan fingerprint density at radius 2 is 2.10 bits per heavy atom. The van der Waals surface area contributed by atoms with Crippen molar-refractivity contribution in [2.45, 2.75) is 31.9 Å². The Kier molecular flexibility index (Phi) is 5.20. The number of rotatable bonds is 5. The monoisotopic (exact) mass is 292 g/mol.